The predicted molar refractivity (Wildman–Crippen MR) is 57.9 cm³/mol. The van der Waals surface area contributed by atoms with Gasteiger partial charge in [0.2, 0.25) is 0 Å². The minimum atomic E-state index is -0.955. The highest BCUT2D eigenvalue weighted by Crippen LogP contribution is 2.26. The molecule has 1 aliphatic heterocycles. The molecule has 0 saturated carbocycles. The fourth-order valence-electron chi connectivity index (χ4n) is 2.15. The van der Waals surface area contributed by atoms with Gasteiger partial charge in [0.1, 0.15) is 0 Å². The Kier molecular flexibility index (Phi) is 4.11. The Morgan fingerprint density at radius 3 is 2.53 bits per heavy atom. The van der Waals surface area contributed by atoms with Crippen molar-refractivity contribution in [2.24, 2.45) is 0 Å². The molecule has 0 aromatic heterocycles. The van der Waals surface area contributed by atoms with Crippen LogP contribution in [-0.2, 0) is 9.53 Å². The van der Waals surface area contributed by atoms with Crippen molar-refractivity contribution in [3.63, 3.8) is 0 Å². The van der Waals surface area contributed by atoms with Crippen LogP contribution in [0.1, 0.15) is 33.1 Å². The van der Waals surface area contributed by atoms with Crippen molar-refractivity contribution < 1.29 is 14.6 Å². The molecule has 1 rings (SSSR count). The first kappa shape index (κ1) is 12.5. The quantitative estimate of drug-likeness (QED) is 0.772. The maximum atomic E-state index is 11.2. The third-order valence-corrected chi connectivity index (χ3v) is 3.34. The lowest BCUT2D eigenvalue weighted by atomic mass is 9.95. The molecule has 0 amide bonds. The molecule has 0 aliphatic carbocycles. The largest absolute Gasteiger partial charge is 0.479 e. The zero-order valence-corrected chi connectivity index (χ0v) is 9.82. The van der Waals surface area contributed by atoms with Crippen LogP contribution in [0.4, 0.5) is 0 Å². The molecule has 0 aromatic carbocycles. The van der Waals surface area contributed by atoms with Gasteiger partial charge in [0.05, 0.1) is 0 Å². The van der Waals surface area contributed by atoms with E-state index in [0.717, 1.165) is 19.5 Å². The first-order valence-corrected chi connectivity index (χ1v) is 5.54. The van der Waals surface area contributed by atoms with E-state index in [1.165, 1.54) is 7.11 Å². The molecule has 88 valence electrons. The van der Waals surface area contributed by atoms with Gasteiger partial charge in [-0.1, -0.05) is 0 Å². The van der Waals surface area contributed by atoms with Gasteiger partial charge in [0, 0.05) is 19.7 Å². The molecule has 0 radical (unpaired) electrons. The number of methoxy groups -OCH3 is 1. The highest BCUT2D eigenvalue weighted by atomic mass is 16.5. The number of likely N-dealkylation sites (tertiary alicyclic amines) is 1. The zero-order chi connectivity index (χ0) is 11.5. The van der Waals surface area contributed by atoms with Gasteiger partial charge in [0.25, 0.3) is 0 Å². The number of hydrogen-bond donors (Lipinski definition) is 1. The number of carbonyl (C=O) groups is 1. The van der Waals surface area contributed by atoms with E-state index in [2.05, 4.69) is 18.7 Å². The number of ether oxygens (including phenoxy) is 1. The Morgan fingerprint density at radius 2 is 2.07 bits per heavy atom. The van der Waals surface area contributed by atoms with Crippen LogP contribution >= 0.6 is 0 Å². The van der Waals surface area contributed by atoms with Gasteiger partial charge in [-0.05, 0) is 39.7 Å². The normalized spacial score (nSPS) is 29.1. The summed E-state index contributed by atoms with van der Waals surface area (Å²) in [5, 5.41) is 9.20. The molecule has 4 heteroatoms. The number of carboxylic acids is 1. The molecule has 1 N–H and O–H groups in total. The topological polar surface area (TPSA) is 49.8 Å². The van der Waals surface area contributed by atoms with E-state index in [-0.39, 0.29) is 0 Å². The molecule has 1 saturated heterocycles. The summed E-state index contributed by atoms with van der Waals surface area (Å²) in [6.07, 6.45) is 2.08. The summed E-state index contributed by atoms with van der Waals surface area (Å²) in [6.45, 7) is 6.05. The summed E-state index contributed by atoms with van der Waals surface area (Å²) in [7, 11) is 1.50. The molecule has 0 spiro atoms. The molecule has 4 nitrogen and oxygen atoms in total. The first-order chi connectivity index (χ1) is 7.02. The lowest BCUT2D eigenvalue weighted by Gasteiger charge is -2.27. The monoisotopic (exact) mass is 215 g/mol. The average molecular weight is 215 g/mol. The molecule has 1 fully saturated rings. The lowest BCUT2D eigenvalue weighted by molar-refractivity contribution is -0.163. The maximum absolute atomic E-state index is 11.2. The Morgan fingerprint density at radius 1 is 1.40 bits per heavy atom. The van der Waals surface area contributed by atoms with Crippen molar-refractivity contribution in [2.45, 2.75) is 44.8 Å². The number of aliphatic carboxylic acids is 1. The van der Waals surface area contributed by atoms with E-state index < -0.39 is 11.6 Å². The second-order valence-corrected chi connectivity index (χ2v) is 4.49. The molecule has 0 bridgehead atoms. The van der Waals surface area contributed by atoms with Gasteiger partial charge in [-0.3, -0.25) is 0 Å². The maximum Gasteiger partial charge on any atom is 0.336 e. The second-order valence-electron chi connectivity index (χ2n) is 4.49. The predicted octanol–water partition coefficient (Wildman–Crippen LogP) is 1.35. The number of nitrogens with zero attached hydrogens (tertiary/aromatic N) is 1. The summed E-state index contributed by atoms with van der Waals surface area (Å²) in [6, 6.07) is 0.478. The fourth-order valence-corrected chi connectivity index (χ4v) is 2.15. The Labute approximate surface area is 91.2 Å². The third kappa shape index (κ3) is 2.69. The molecule has 1 heterocycles. The van der Waals surface area contributed by atoms with Crippen LogP contribution in [0.3, 0.4) is 0 Å². The molecule has 1 aliphatic rings. The van der Waals surface area contributed by atoms with Gasteiger partial charge in [0.15, 0.2) is 5.60 Å². The van der Waals surface area contributed by atoms with E-state index >= 15 is 0 Å². The van der Waals surface area contributed by atoms with Crippen LogP contribution in [0.5, 0.6) is 0 Å². The molecule has 1 atom stereocenters. The van der Waals surface area contributed by atoms with Gasteiger partial charge in [-0.2, -0.15) is 0 Å². The highest BCUT2D eigenvalue weighted by Gasteiger charge is 2.40. The second kappa shape index (κ2) is 4.94. The number of carboxylic acid groups (broad SMARTS) is 1. The van der Waals surface area contributed by atoms with Crippen LogP contribution < -0.4 is 0 Å². The highest BCUT2D eigenvalue weighted by molar-refractivity contribution is 5.77. The van der Waals surface area contributed by atoms with E-state index in [9.17, 15) is 9.90 Å². The summed E-state index contributed by atoms with van der Waals surface area (Å²) < 4.78 is 5.22. The van der Waals surface area contributed by atoms with Gasteiger partial charge in [-0.15, -0.1) is 0 Å². The van der Waals surface area contributed by atoms with Crippen LogP contribution in [0.2, 0.25) is 0 Å². The standard InChI is InChI=1S/C11H21NO3/c1-9(2)12-7-4-5-11(15-3,6-8-12)10(13)14/h9H,4-8H2,1-3H3,(H,13,14). The van der Waals surface area contributed by atoms with Crippen LogP contribution in [0.25, 0.3) is 0 Å². The smallest absolute Gasteiger partial charge is 0.336 e. The van der Waals surface area contributed by atoms with Crippen LogP contribution in [0, 0.1) is 0 Å². The van der Waals surface area contributed by atoms with E-state index in [1.54, 1.807) is 0 Å². The van der Waals surface area contributed by atoms with Gasteiger partial charge >= 0.3 is 5.97 Å². The van der Waals surface area contributed by atoms with Crippen molar-refractivity contribution in [3.8, 4) is 0 Å². The van der Waals surface area contributed by atoms with Crippen molar-refractivity contribution in [3.05, 3.63) is 0 Å². The molecular formula is C11H21NO3. The summed E-state index contributed by atoms with van der Waals surface area (Å²) in [4.78, 5) is 13.5. The Hall–Kier alpha value is -0.610. The SMILES string of the molecule is COC1(C(=O)O)CCCN(C(C)C)CC1. The number of hydrogen-bond acceptors (Lipinski definition) is 3. The van der Waals surface area contributed by atoms with Crippen molar-refractivity contribution in [1.82, 2.24) is 4.90 Å². The lowest BCUT2D eigenvalue weighted by Crippen LogP contribution is -2.42. The van der Waals surface area contributed by atoms with E-state index in [0.29, 0.717) is 18.9 Å². The minimum Gasteiger partial charge on any atom is -0.479 e. The Bertz CT molecular complexity index is 230. The van der Waals surface area contributed by atoms with Crippen LogP contribution in [0.15, 0.2) is 0 Å². The Balaban J connectivity index is 2.69. The van der Waals surface area contributed by atoms with Crippen molar-refractivity contribution >= 4 is 5.97 Å². The molecule has 15 heavy (non-hydrogen) atoms. The third-order valence-electron chi connectivity index (χ3n) is 3.34. The summed E-state index contributed by atoms with van der Waals surface area (Å²) >= 11 is 0. The summed E-state index contributed by atoms with van der Waals surface area (Å²) in [5.74, 6) is -0.824. The van der Waals surface area contributed by atoms with Gasteiger partial charge < -0.3 is 14.7 Å². The van der Waals surface area contributed by atoms with Crippen molar-refractivity contribution in [1.29, 1.82) is 0 Å². The van der Waals surface area contributed by atoms with E-state index in [1.807, 2.05) is 0 Å². The molecule has 1 unspecified atom stereocenters. The fraction of sp³-hybridized carbons (Fsp3) is 0.909. The molecule has 0 aromatic rings. The minimum absolute atomic E-state index is 0.478. The average Bonchev–Trinajstić information content (AvgIpc) is 2.40. The zero-order valence-electron chi connectivity index (χ0n) is 9.82. The summed E-state index contributed by atoms with van der Waals surface area (Å²) in [5.41, 5.74) is -0.955. The van der Waals surface area contributed by atoms with E-state index in [4.69, 9.17) is 4.74 Å². The van der Waals surface area contributed by atoms with Gasteiger partial charge in [-0.25, -0.2) is 4.79 Å². The number of rotatable bonds is 3. The first-order valence-electron chi connectivity index (χ1n) is 5.54. The molecular weight excluding hydrogens is 194 g/mol. The van der Waals surface area contributed by atoms with Crippen LogP contribution in [-0.4, -0.2) is 47.8 Å². The van der Waals surface area contributed by atoms with Crippen molar-refractivity contribution in [2.75, 3.05) is 20.2 Å².